The fourth-order valence-electron chi connectivity index (χ4n) is 0.611. The predicted octanol–water partition coefficient (Wildman–Crippen LogP) is 1.48. The Balaban J connectivity index is 2.27. The van der Waals surface area contributed by atoms with E-state index in [1.54, 1.807) is 7.11 Å². The van der Waals surface area contributed by atoms with Crippen LogP contribution in [0.25, 0.3) is 0 Å². The highest BCUT2D eigenvalue weighted by molar-refractivity contribution is 7.11. The quantitative estimate of drug-likeness (QED) is 0.646. The van der Waals surface area contributed by atoms with Crippen molar-refractivity contribution in [3.8, 4) is 5.19 Å². The van der Waals surface area contributed by atoms with E-state index in [0.717, 1.165) is 10.9 Å². The molecule has 0 fully saturated rings. The van der Waals surface area contributed by atoms with E-state index in [-0.39, 0.29) is 0 Å². The van der Waals surface area contributed by atoms with Crippen LogP contribution in [0.4, 0.5) is 0 Å². The van der Waals surface area contributed by atoms with Crippen LogP contribution < -0.4 is 4.74 Å². The molecule has 0 aromatic carbocycles. The van der Waals surface area contributed by atoms with Crippen molar-refractivity contribution in [2.75, 3.05) is 20.3 Å². The van der Waals surface area contributed by atoms with Crippen LogP contribution in [0.3, 0.4) is 0 Å². The summed E-state index contributed by atoms with van der Waals surface area (Å²) in [6.07, 6.45) is 0. The van der Waals surface area contributed by atoms with E-state index >= 15 is 0 Å². The highest BCUT2D eigenvalue weighted by atomic mass is 32.1. The summed E-state index contributed by atoms with van der Waals surface area (Å²) in [5, 5.41) is 2.68. The fraction of sp³-hybridized carbons (Fsp3) is 0.571. The lowest BCUT2D eigenvalue weighted by molar-refractivity contribution is 0.146. The van der Waals surface area contributed by atoms with Crippen molar-refractivity contribution in [2.45, 2.75) is 6.92 Å². The average molecular weight is 173 g/mol. The summed E-state index contributed by atoms with van der Waals surface area (Å²) in [5.41, 5.74) is 1.00. The second-order valence-electron chi connectivity index (χ2n) is 2.10. The van der Waals surface area contributed by atoms with Crippen LogP contribution >= 0.6 is 11.3 Å². The summed E-state index contributed by atoms with van der Waals surface area (Å²) in [5.74, 6) is 0. The first-order valence-electron chi connectivity index (χ1n) is 3.37. The van der Waals surface area contributed by atoms with Crippen molar-refractivity contribution in [1.29, 1.82) is 0 Å². The number of thiazole rings is 1. The topological polar surface area (TPSA) is 31.4 Å². The lowest BCUT2D eigenvalue weighted by atomic mass is 10.6. The van der Waals surface area contributed by atoms with Gasteiger partial charge in [0, 0.05) is 12.5 Å². The molecule has 4 heteroatoms. The van der Waals surface area contributed by atoms with Crippen LogP contribution in [0, 0.1) is 6.92 Å². The van der Waals surface area contributed by atoms with E-state index in [1.165, 1.54) is 11.3 Å². The molecule has 1 rings (SSSR count). The molecule has 0 N–H and O–H groups in total. The number of hydrogen-bond donors (Lipinski definition) is 0. The highest BCUT2D eigenvalue weighted by Crippen LogP contribution is 2.16. The van der Waals surface area contributed by atoms with Crippen molar-refractivity contribution in [3.63, 3.8) is 0 Å². The van der Waals surface area contributed by atoms with Gasteiger partial charge in [-0.1, -0.05) is 11.3 Å². The predicted molar refractivity (Wildman–Crippen MR) is 44.2 cm³/mol. The first kappa shape index (κ1) is 8.49. The molecule has 0 spiro atoms. The molecule has 62 valence electrons. The Labute approximate surface area is 70.0 Å². The summed E-state index contributed by atoms with van der Waals surface area (Å²) in [7, 11) is 1.65. The lowest BCUT2D eigenvalue weighted by Crippen LogP contribution is -2.03. The largest absolute Gasteiger partial charge is 0.468 e. The summed E-state index contributed by atoms with van der Waals surface area (Å²) >= 11 is 1.51. The number of ether oxygens (including phenoxy) is 2. The molecule has 0 saturated carbocycles. The average Bonchev–Trinajstić information content (AvgIpc) is 2.37. The first-order chi connectivity index (χ1) is 5.33. The van der Waals surface area contributed by atoms with Crippen LogP contribution in [0.15, 0.2) is 5.38 Å². The van der Waals surface area contributed by atoms with E-state index in [1.807, 2.05) is 12.3 Å². The third-order valence-corrected chi connectivity index (χ3v) is 1.98. The van der Waals surface area contributed by atoms with Crippen molar-refractivity contribution in [1.82, 2.24) is 4.98 Å². The van der Waals surface area contributed by atoms with Crippen molar-refractivity contribution < 1.29 is 9.47 Å². The second-order valence-corrected chi connectivity index (χ2v) is 2.92. The van der Waals surface area contributed by atoms with Gasteiger partial charge in [-0.15, -0.1) is 0 Å². The molecule has 0 atom stereocenters. The molecule has 0 aliphatic carbocycles. The number of hydrogen-bond acceptors (Lipinski definition) is 4. The third kappa shape index (κ3) is 2.86. The van der Waals surface area contributed by atoms with Gasteiger partial charge >= 0.3 is 0 Å². The monoisotopic (exact) mass is 173 g/mol. The normalized spacial score (nSPS) is 10.0. The lowest BCUT2D eigenvalue weighted by Gasteiger charge is -1.98. The van der Waals surface area contributed by atoms with Gasteiger partial charge in [-0.05, 0) is 6.92 Å². The molecule has 11 heavy (non-hydrogen) atoms. The highest BCUT2D eigenvalue weighted by Gasteiger charge is 1.97. The molecule has 0 amide bonds. The van der Waals surface area contributed by atoms with Gasteiger partial charge < -0.3 is 9.47 Å². The van der Waals surface area contributed by atoms with E-state index in [2.05, 4.69) is 4.98 Å². The Morgan fingerprint density at radius 2 is 2.36 bits per heavy atom. The van der Waals surface area contributed by atoms with Gasteiger partial charge in [-0.2, -0.15) is 0 Å². The maximum atomic E-state index is 5.25. The minimum Gasteiger partial charge on any atom is -0.468 e. The number of aryl methyl sites for hydroxylation is 1. The summed E-state index contributed by atoms with van der Waals surface area (Å²) in [6, 6.07) is 0. The Kier molecular flexibility index (Phi) is 3.32. The molecule has 1 heterocycles. The zero-order chi connectivity index (χ0) is 8.10. The van der Waals surface area contributed by atoms with E-state index in [4.69, 9.17) is 9.47 Å². The van der Waals surface area contributed by atoms with Gasteiger partial charge in [0.25, 0.3) is 5.19 Å². The van der Waals surface area contributed by atoms with Crippen LogP contribution in [0.1, 0.15) is 5.69 Å². The molecular formula is C7H11NO2S. The number of rotatable bonds is 4. The number of nitrogens with zero attached hydrogens (tertiary/aromatic N) is 1. The van der Waals surface area contributed by atoms with Gasteiger partial charge in [-0.3, -0.25) is 0 Å². The maximum Gasteiger partial charge on any atom is 0.273 e. The van der Waals surface area contributed by atoms with Gasteiger partial charge in [0.1, 0.15) is 6.61 Å². The van der Waals surface area contributed by atoms with E-state index in [0.29, 0.717) is 13.2 Å². The molecule has 0 unspecified atom stereocenters. The molecule has 0 radical (unpaired) electrons. The van der Waals surface area contributed by atoms with Gasteiger partial charge in [0.15, 0.2) is 0 Å². The smallest absolute Gasteiger partial charge is 0.273 e. The maximum absolute atomic E-state index is 5.25. The molecule has 0 bridgehead atoms. The second kappa shape index (κ2) is 4.31. The van der Waals surface area contributed by atoms with Crippen molar-refractivity contribution in [3.05, 3.63) is 11.1 Å². The van der Waals surface area contributed by atoms with Gasteiger partial charge in [0.05, 0.1) is 12.3 Å². The first-order valence-corrected chi connectivity index (χ1v) is 4.25. The van der Waals surface area contributed by atoms with Crippen LogP contribution in [0.2, 0.25) is 0 Å². The molecule has 3 nitrogen and oxygen atoms in total. The molecule has 0 saturated heterocycles. The zero-order valence-electron chi connectivity index (χ0n) is 6.66. The summed E-state index contributed by atoms with van der Waals surface area (Å²) in [4.78, 5) is 4.12. The minimum atomic E-state index is 0.573. The Morgan fingerprint density at radius 3 is 2.91 bits per heavy atom. The molecular weight excluding hydrogens is 162 g/mol. The van der Waals surface area contributed by atoms with Crippen molar-refractivity contribution in [2.24, 2.45) is 0 Å². The van der Waals surface area contributed by atoms with Gasteiger partial charge in [-0.25, -0.2) is 4.98 Å². The van der Waals surface area contributed by atoms with E-state index in [9.17, 15) is 0 Å². The number of aromatic nitrogens is 1. The van der Waals surface area contributed by atoms with Gasteiger partial charge in [0.2, 0.25) is 0 Å². The van der Waals surface area contributed by atoms with Crippen LogP contribution in [-0.2, 0) is 4.74 Å². The van der Waals surface area contributed by atoms with Crippen molar-refractivity contribution >= 4 is 11.3 Å². The van der Waals surface area contributed by atoms with E-state index < -0.39 is 0 Å². The summed E-state index contributed by atoms with van der Waals surface area (Å²) in [6.45, 7) is 3.13. The Hall–Kier alpha value is -0.610. The third-order valence-electron chi connectivity index (χ3n) is 1.11. The molecule has 0 aliphatic heterocycles. The SMILES string of the molecule is COCCOc1nc(C)cs1. The summed E-state index contributed by atoms with van der Waals surface area (Å²) < 4.78 is 10.1. The minimum absolute atomic E-state index is 0.573. The Morgan fingerprint density at radius 1 is 1.55 bits per heavy atom. The van der Waals surface area contributed by atoms with Crippen LogP contribution in [-0.4, -0.2) is 25.3 Å². The van der Waals surface area contributed by atoms with Crippen LogP contribution in [0.5, 0.6) is 5.19 Å². The zero-order valence-corrected chi connectivity index (χ0v) is 7.48. The Bertz CT molecular complexity index is 212. The molecule has 1 aromatic heterocycles. The molecule has 1 aromatic rings. The fourth-order valence-corrected chi connectivity index (χ4v) is 1.28. The standard InChI is InChI=1S/C7H11NO2S/c1-6-5-11-7(8-6)10-4-3-9-2/h5H,3-4H2,1-2H3. The molecule has 0 aliphatic rings. The number of methoxy groups -OCH3 is 1.